The predicted molar refractivity (Wildman–Crippen MR) is 139 cm³/mol. The number of ether oxygens (including phenoxy) is 1. The van der Waals surface area contributed by atoms with Gasteiger partial charge in [-0.15, -0.1) is 0 Å². The number of benzene rings is 1. The third kappa shape index (κ3) is 5.59. The van der Waals surface area contributed by atoms with Crippen molar-refractivity contribution in [2.24, 2.45) is 5.92 Å². The fourth-order valence-electron chi connectivity index (χ4n) is 4.81. The van der Waals surface area contributed by atoms with Gasteiger partial charge in [-0.2, -0.15) is 5.10 Å². The molecule has 2 aliphatic rings. The summed E-state index contributed by atoms with van der Waals surface area (Å²) in [5, 5.41) is 10.6. The highest BCUT2D eigenvalue weighted by Crippen LogP contribution is 2.25. The number of hydrogen-bond donors (Lipinski definition) is 2. The molecule has 10 heteroatoms. The van der Waals surface area contributed by atoms with E-state index in [1.807, 2.05) is 48.2 Å². The third-order valence-corrected chi connectivity index (χ3v) is 6.93. The summed E-state index contributed by atoms with van der Waals surface area (Å²) < 4.78 is 5.21. The molecule has 0 aliphatic carbocycles. The van der Waals surface area contributed by atoms with E-state index in [0.29, 0.717) is 18.0 Å². The molecule has 2 fully saturated rings. The van der Waals surface area contributed by atoms with Gasteiger partial charge in [-0.1, -0.05) is 0 Å². The number of likely N-dealkylation sites (tertiary alicyclic amines) is 1. The van der Waals surface area contributed by atoms with Gasteiger partial charge in [0.05, 0.1) is 7.11 Å². The molecule has 2 aromatic heterocycles. The van der Waals surface area contributed by atoms with E-state index in [4.69, 9.17) is 14.7 Å². The number of carbonyl (C=O) groups excluding carboxylic acids is 1. The normalized spacial score (nSPS) is 18.5. The summed E-state index contributed by atoms with van der Waals surface area (Å²) in [5.74, 6) is 4.33. The minimum atomic E-state index is 0.0588. The monoisotopic (exact) mass is 490 g/mol. The topological polar surface area (TPSA) is 103 Å². The van der Waals surface area contributed by atoms with Gasteiger partial charge in [0.2, 0.25) is 0 Å². The van der Waals surface area contributed by atoms with Crippen molar-refractivity contribution in [2.45, 2.75) is 19.8 Å². The average Bonchev–Trinajstić information content (AvgIpc) is 3.52. The van der Waals surface area contributed by atoms with E-state index in [1.54, 1.807) is 7.11 Å². The van der Waals surface area contributed by atoms with Gasteiger partial charge in [0.1, 0.15) is 23.2 Å². The van der Waals surface area contributed by atoms with Crippen molar-refractivity contribution in [3.05, 3.63) is 53.5 Å². The van der Waals surface area contributed by atoms with Crippen molar-refractivity contribution in [2.75, 3.05) is 63.6 Å². The number of aryl methyl sites for hydroxylation is 1. The highest BCUT2D eigenvalue weighted by Gasteiger charge is 2.28. The van der Waals surface area contributed by atoms with Crippen LogP contribution >= 0.6 is 0 Å². The summed E-state index contributed by atoms with van der Waals surface area (Å²) in [6.07, 6.45) is 1.66. The lowest BCUT2D eigenvalue weighted by atomic mass is 10.0. The van der Waals surface area contributed by atoms with Gasteiger partial charge in [0.15, 0.2) is 5.82 Å². The quantitative estimate of drug-likeness (QED) is 0.521. The maximum absolute atomic E-state index is 13.0. The van der Waals surface area contributed by atoms with Gasteiger partial charge in [0.25, 0.3) is 5.91 Å². The second kappa shape index (κ2) is 10.5. The van der Waals surface area contributed by atoms with E-state index in [0.717, 1.165) is 80.3 Å². The fourth-order valence-corrected chi connectivity index (χ4v) is 4.81. The molecule has 3 aromatic rings. The van der Waals surface area contributed by atoms with Crippen LogP contribution in [0.2, 0.25) is 0 Å². The number of rotatable bonds is 7. The standard InChI is InChI=1S/C26H34N8O2/c1-18-14-24(31-30-18)28-23-16-25(33-12-10-32(2)11-13-33)29-22(27-23)15-19-8-9-34(17-19)26(35)20-4-6-21(36-3)7-5-20/h4-7,14,16,19H,8-13,15,17H2,1-3H3,(H2,27,28,29,30,31)/t19-/m1/s1. The number of hydrogen-bond acceptors (Lipinski definition) is 8. The number of H-pyrrole nitrogens is 1. The van der Waals surface area contributed by atoms with Crippen LogP contribution in [0.4, 0.5) is 17.5 Å². The first-order chi connectivity index (χ1) is 17.5. The van der Waals surface area contributed by atoms with Crippen LogP contribution in [0.15, 0.2) is 36.4 Å². The first kappa shape index (κ1) is 24.1. The molecule has 0 bridgehead atoms. The van der Waals surface area contributed by atoms with Crippen LogP contribution in [0.5, 0.6) is 5.75 Å². The van der Waals surface area contributed by atoms with Crippen LogP contribution in [0.25, 0.3) is 0 Å². The van der Waals surface area contributed by atoms with E-state index < -0.39 is 0 Å². The van der Waals surface area contributed by atoms with Crippen LogP contribution in [0.1, 0.15) is 28.3 Å². The highest BCUT2D eigenvalue weighted by atomic mass is 16.5. The van der Waals surface area contributed by atoms with Gasteiger partial charge >= 0.3 is 0 Å². The maximum Gasteiger partial charge on any atom is 0.253 e. The Labute approximate surface area is 211 Å². The third-order valence-electron chi connectivity index (χ3n) is 6.93. The number of aromatic nitrogens is 4. The minimum Gasteiger partial charge on any atom is -0.497 e. The summed E-state index contributed by atoms with van der Waals surface area (Å²) in [6, 6.07) is 11.3. The molecule has 2 saturated heterocycles. The lowest BCUT2D eigenvalue weighted by molar-refractivity contribution is 0.0787. The number of aromatic amines is 1. The molecule has 1 aromatic carbocycles. The Balaban J connectivity index is 1.30. The van der Waals surface area contributed by atoms with Gasteiger partial charge in [-0.3, -0.25) is 9.89 Å². The van der Waals surface area contributed by atoms with E-state index in [-0.39, 0.29) is 5.91 Å². The Morgan fingerprint density at radius 2 is 1.86 bits per heavy atom. The second-order valence-corrected chi connectivity index (χ2v) is 9.72. The lowest BCUT2D eigenvalue weighted by Gasteiger charge is -2.33. The molecule has 1 atom stereocenters. The number of amides is 1. The number of nitrogens with zero attached hydrogens (tertiary/aromatic N) is 6. The molecule has 2 aliphatic heterocycles. The SMILES string of the molecule is COc1ccc(C(=O)N2CC[C@H](Cc3nc(Nc4cc(C)[nH]n4)cc(N4CCN(C)CC4)n3)C2)cc1. The summed E-state index contributed by atoms with van der Waals surface area (Å²) in [5.41, 5.74) is 1.67. The van der Waals surface area contributed by atoms with Crippen molar-refractivity contribution >= 4 is 23.4 Å². The summed E-state index contributed by atoms with van der Waals surface area (Å²) in [6.45, 7) is 7.29. The van der Waals surface area contributed by atoms with E-state index in [9.17, 15) is 4.79 Å². The van der Waals surface area contributed by atoms with Gasteiger partial charge in [-0.05, 0) is 50.6 Å². The molecule has 0 saturated carbocycles. The van der Waals surface area contributed by atoms with Crippen LogP contribution in [0.3, 0.4) is 0 Å². The molecular weight excluding hydrogens is 456 g/mol. The molecule has 0 spiro atoms. The summed E-state index contributed by atoms with van der Waals surface area (Å²) >= 11 is 0. The van der Waals surface area contributed by atoms with Crippen molar-refractivity contribution < 1.29 is 9.53 Å². The van der Waals surface area contributed by atoms with Crippen LogP contribution in [0, 0.1) is 12.8 Å². The molecule has 0 radical (unpaired) electrons. The Kier molecular flexibility index (Phi) is 7.04. The van der Waals surface area contributed by atoms with Crippen LogP contribution < -0.4 is 15.0 Å². The first-order valence-corrected chi connectivity index (χ1v) is 12.5. The fraction of sp³-hybridized carbons (Fsp3) is 0.462. The van der Waals surface area contributed by atoms with E-state index in [1.165, 1.54) is 0 Å². The Morgan fingerprint density at radius 3 is 2.56 bits per heavy atom. The summed E-state index contributed by atoms with van der Waals surface area (Å²) in [4.78, 5) is 29.4. The van der Waals surface area contributed by atoms with Gasteiger partial charge in [-0.25, -0.2) is 9.97 Å². The number of methoxy groups -OCH3 is 1. The minimum absolute atomic E-state index is 0.0588. The van der Waals surface area contributed by atoms with Gasteiger partial charge < -0.3 is 24.8 Å². The Hall–Kier alpha value is -3.66. The molecule has 5 rings (SSSR count). The van der Waals surface area contributed by atoms with Crippen molar-refractivity contribution in [1.82, 2.24) is 30.0 Å². The average molecular weight is 491 g/mol. The molecule has 4 heterocycles. The number of likely N-dealkylation sites (N-methyl/N-ethyl adjacent to an activating group) is 1. The van der Waals surface area contributed by atoms with Crippen LogP contribution in [-0.2, 0) is 6.42 Å². The number of carbonyl (C=O) groups is 1. The number of piperazine rings is 1. The lowest BCUT2D eigenvalue weighted by Crippen LogP contribution is -2.45. The molecule has 10 nitrogen and oxygen atoms in total. The van der Waals surface area contributed by atoms with Crippen molar-refractivity contribution in [1.29, 1.82) is 0 Å². The highest BCUT2D eigenvalue weighted by molar-refractivity contribution is 5.94. The zero-order valence-electron chi connectivity index (χ0n) is 21.2. The van der Waals surface area contributed by atoms with Crippen molar-refractivity contribution in [3.63, 3.8) is 0 Å². The molecule has 1 amide bonds. The van der Waals surface area contributed by atoms with Crippen molar-refractivity contribution in [3.8, 4) is 5.75 Å². The molecule has 0 unspecified atom stereocenters. The smallest absolute Gasteiger partial charge is 0.253 e. The molecular formula is C26H34N8O2. The Bertz CT molecular complexity index is 1190. The van der Waals surface area contributed by atoms with Crippen LogP contribution in [-0.4, -0.2) is 89.3 Å². The number of nitrogens with one attached hydrogen (secondary N) is 2. The van der Waals surface area contributed by atoms with E-state index in [2.05, 4.69) is 32.4 Å². The molecule has 190 valence electrons. The van der Waals surface area contributed by atoms with Gasteiger partial charge in [0, 0.05) is 69.1 Å². The maximum atomic E-state index is 13.0. The second-order valence-electron chi connectivity index (χ2n) is 9.72. The predicted octanol–water partition coefficient (Wildman–Crippen LogP) is 2.72. The largest absolute Gasteiger partial charge is 0.497 e. The zero-order valence-corrected chi connectivity index (χ0v) is 21.2. The summed E-state index contributed by atoms with van der Waals surface area (Å²) in [7, 11) is 3.77. The zero-order chi connectivity index (χ0) is 25.1. The van der Waals surface area contributed by atoms with E-state index >= 15 is 0 Å². The molecule has 2 N–H and O–H groups in total. The first-order valence-electron chi connectivity index (χ1n) is 12.5. The number of anilines is 3. The Morgan fingerprint density at radius 1 is 1.08 bits per heavy atom. The molecule has 36 heavy (non-hydrogen) atoms.